The van der Waals surface area contributed by atoms with Crippen LogP contribution in [0.5, 0.6) is 0 Å². The topological polar surface area (TPSA) is 67.9 Å². The van der Waals surface area contributed by atoms with Crippen LogP contribution in [0.1, 0.15) is 19.8 Å². The van der Waals surface area contributed by atoms with Crippen LogP contribution in [0.4, 0.5) is 5.95 Å². The Kier molecular flexibility index (Phi) is 3.29. The van der Waals surface area contributed by atoms with E-state index in [0.717, 1.165) is 36.5 Å². The first kappa shape index (κ1) is 12.3. The molecule has 1 aromatic carbocycles. The molecular formula is C14H19N5. The molecule has 1 fully saturated rings. The van der Waals surface area contributed by atoms with E-state index < -0.39 is 0 Å². The summed E-state index contributed by atoms with van der Waals surface area (Å²) in [5, 5.41) is 8.53. The number of benzene rings is 1. The molecule has 0 amide bonds. The largest absolute Gasteiger partial charge is 0.336 e. The van der Waals surface area contributed by atoms with Gasteiger partial charge >= 0.3 is 0 Å². The first-order valence-corrected chi connectivity index (χ1v) is 6.84. The molecule has 0 aliphatic carbocycles. The van der Waals surface area contributed by atoms with E-state index in [9.17, 15) is 0 Å². The van der Waals surface area contributed by atoms with Crippen LogP contribution in [0.25, 0.3) is 11.0 Å². The van der Waals surface area contributed by atoms with Crippen molar-refractivity contribution in [2.75, 3.05) is 18.0 Å². The van der Waals surface area contributed by atoms with Gasteiger partial charge in [-0.2, -0.15) is 0 Å². The molecule has 3 rings (SSSR count). The van der Waals surface area contributed by atoms with Gasteiger partial charge in [-0.25, -0.2) is 4.98 Å². The maximum absolute atomic E-state index is 5.80. The fourth-order valence-electron chi connectivity index (χ4n) is 2.65. The highest BCUT2D eigenvalue weighted by atomic mass is 15.3. The van der Waals surface area contributed by atoms with Gasteiger partial charge in [-0.15, -0.1) is 10.2 Å². The molecule has 0 bridgehead atoms. The second-order valence-electron chi connectivity index (χ2n) is 5.28. The van der Waals surface area contributed by atoms with Crippen LogP contribution in [0.15, 0.2) is 24.3 Å². The lowest BCUT2D eigenvalue weighted by Crippen LogP contribution is -2.44. The molecule has 0 spiro atoms. The molecule has 0 radical (unpaired) electrons. The van der Waals surface area contributed by atoms with Crippen molar-refractivity contribution in [3.05, 3.63) is 24.3 Å². The van der Waals surface area contributed by atoms with Crippen molar-refractivity contribution in [2.24, 2.45) is 11.7 Å². The van der Waals surface area contributed by atoms with E-state index in [1.165, 1.54) is 6.42 Å². The van der Waals surface area contributed by atoms with Crippen molar-refractivity contribution in [3.63, 3.8) is 0 Å². The molecule has 2 aromatic rings. The van der Waals surface area contributed by atoms with Gasteiger partial charge in [-0.05, 0) is 44.4 Å². The molecule has 2 N–H and O–H groups in total. The van der Waals surface area contributed by atoms with E-state index in [1.54, 1.807) is 0 Å². The van der Waals surface area contributed by atoms with Crippen LogP contribution >= 0.6 is 0 Å². The summed E-state index contributed by atoms with van der Waals surface area (Å²) < 4.78 is 0. The third-order valence-electron chi connectivity index (χ3n) is 3.92. The normalized spacial score (nSPS) is 23.8. The maximum atomic E-state index is 5.80. The van der Waals surface area contributed by atoms with Gasteiger partial charge in [0.1, 0.15) is 5.52 Å². The minimum Gasteiger partial charge on any atom is -0.336 e. The van der Waals surface area contributed by atoms with Crippen molar-refractivity contribution in [2.45, 2.75) is 25.8 Å². The Labute approximate surface area is 112 Å². The molecule has 1 saturated heterocycles. The highest BCUT2D eigenvalue weighted by Crippen LogP contribution is 2.25. The number of aromatic nitrogens is 3. The van der Waals surface area contributed by atoms with E-state index in [4.69, 9.17) is 5.73 Å². The van der Waals surface area contributed by atoms with Crippen molar-refractivity contribution < 1.29 is 0 Å². The minimum atomic E-state index is 0.450. The molecule has 5 heteroatoms. The van der Waals surface area contributed by atoms with Gasteiger partial charge in [-0.3, -0.25) is 0 Å². The molecule has 1 aliphatic rings. The van der Waals surface area contributed by atoms with Gasteiger partial charge in [0.2, 0.25) is 5.95 Å². The zero-order valence-corrected chi connectivity index (χ0v) is 11.2. The molecule has 19 heavy (non-hydrogen) atoms. The summed E-state index contributed by atoms with van der Waals surface area (Å²) in [6.45, 7) is 3.87. The molecule has 1 aliphatic heterocycles. The number of piperidine rings is 1. The monoisotopic (exact) mass is 257 g/mol. The van der Waals surface area contributed by atoms with Gasteiger partial charge in [-0.1, -0.05) is 12.1 Å². The third-order valence-corrected chi connectivity index (χ3v) is 3.92. The second kappa shape index (κ2) is 5.09. The first-order valence-electron chi connectivity index (χ1n) is 6.84. The van der Waals surface area contributed by atoms with Gasteiger partial charge < -0.3 is 10.6 Å². The average molecular weight is 257 g/mol. The quantitative estimate of drug-likeness (QED) is 0.884. The standard InChI is InChI=1S/C14H19N5/c1-10-6-7-11(8-15)9-19(10)14-16-12-4-2-3-5-13(12)17-18-14/h2-5,10-11H,6-9,15H2,1H3. The van der Waals surface area contributed by atoms with Crippen molar-refractivity contribution in [1.82, 2.24) is 15.2 Å². The number of para-hydroxylation sites is 1. The second-order valence-corrected chi connectivity index (χ2v) is 5.28. The predicted octanol–water partition coefficient (Wildman–Crippen LogP) is 1.59. The Morgan fingerprint density at radius 3 is 2.79 bits per heavy atom. The average Bonchev–Trinajstić information content (AvgIpc) is 2.47. The van der Waals surface area contributed by atoms with Crippen LogP contribution in [0.2, 0.25) is 0 Å². The van der Waals surface area contributed by atoms with E-state index in [1.807, 2.05) is 24.3 Å². The Morgan fingerprint density at radius 1 is 1.21 bits per heavy atom. The fraction of sp³-hybridized carbons (Fsp3) is 0.500. The lowest BCUT2D eigenvalue weighted by Gasteiger charge is -2.37. The van der Waals surface area contributed by atoms with Crippen molar-refractivity contribution in [1.29, 1.82) is 0 Å². The number of anilines is 1. The molecule has 2 heterocycles. The van der Waals surface area contributed by atoms with Crippen LogP contribution < -0.4 is 10.6 Å². The van der Waals surface area contributed by atoms with Crippen molar-refractivity contribution >= 4 is 17.0 Å². The zero-order chi connectivity index (χ0) is 13.2. The lowest BCUT2D eigenvalue weighted by atomic mass is 9.94. The van der Waals surface area contributed by atoms with Gasteiger partial charge in [0.25, 0.3) is 0 Å². The molecule has 100 valence electrons. The SMILES string of the molecule is CC1CCC(CN)CN1c1nnc2ccccc2n1. The maximum Gasteiger partial charge on any atom is 0.246 e. The van der Waals surface area contributed by atoms with E-state index in [0.29, 0.717) is 12.0 Å². The molecule has 0 saturated carbocycles. The summed E-state index contributed by atoms with van der Waals surface area (Å²) in [6, 6.07) is 8.28. The van der Waals surface area contributed by atoms with Gasteiger partial charge in [0.05, 0.1) is 5.52 Å². The summed E-state index contributed by atoms with van der Waals surface area (Å²) in [7, 11) is 0. The fourth-order valence-corrected chi connectivity index (χ4v) is 2.65. The van der Waals surface area contributed by atoms with Crippen LogP contribution in [-0.4, -0.2) is 34.3 Å². The number of nitrogens with two attached hydrogens (primary N) is 1. The molecule has 5 nitrogen and oxygen atoms in total. The smallest absolute Gasteiger partial charge is 0.246 e. The van der Waals surface area contributed by atoms with Crippen LogP contribution in [0.3, 0.4) is 0 Å². The Morgan fingerprint density at radius 2 is 2.00 bits per heavy atom. The van der Waals surface area contributed by atoms with E-state index in [-0.39, 0.29) is 0 Å². The summed E-state index contributed by atoms with van der Waals surface area (Å²) in [5.74, 6) is 1.26. The Bertz CT molecular complexity index is 571. The number of hydrogen-bond donors (Lipinski definition) is 1. The van der Waals surface area contributed by atoms with E-state index in [2.05, 4.69) is 27.0 Å². The van der Waals surface area contributed by atoms with Crippen LogP contribution in [0, 0.1) is 5.92 Å². The molecular weight excluding hydrogens is 238 g/mol. The minimum absolute atomic E-state index is 0.450. The molecule has 2 atom stereocenters. The summed E-state index contributed by atoms with van der Waals surface area (Å²) in [4.78, 5) is 6.87. The summed E-state index contributed by atoms with van der Waals surface area (Å²) >= 11 is 0. The highest BCUT2D eigenvalue weighted by molar-refractivity contribution is 5.74. The summed E-state index contributed by atoms with van der Waals surface area (Å²) in [5.41, 5.74) is 7.53. The van der Waals surface area contributed by atoms with Gasteiger partial charge in [0, 0.05) is 12.6 Å². The highest BCUT2D eigenvalue weighted by Gasteiger charge is 2.26. The number of rotatable bonds is 2. The van der Waals surface area contributed by atoms with Gasteiger partial charge in [0.15, 0.2) is 0 Å². The zero-order valence-electron chi connectivity index (χ0n) is 11.2. The van der Waals surface area contributed by atoms with Crippen molar-refractivity contribution in [3.8, 4) is 0 Å². The molecule has 2 unspecified atom stereocenters. The lowest BCUT2D eigenvalue weighted by molar-refractivity contribution is 0.369. The predicted molar refractivity (Wildman–Crippen MR) is 75.9 cm³/mol. The number of fused-ring (bicyclic) bond motifs is 1. The van der Waals surface area contributed by atoms with Crippen LogP contribution in [-0.2, 0) is 0 Å². The number of nitrogens with zero attached hydrogens (tertiary/aromatic N) is 4. The Hall–Kier alpha value is -1.75. The number of hydrogen-bond acceptors (Lipinski definition) is 5. The molecule has 1 aromatic heterocycles. The first-order chi connectivity index (χ1) is 9.28. The third kappa shape index (κ3) is 2.38. The summed E-state index contributed by atoms with van der Waals surface area (Å²) in [6.07, 6.45) is 2.33. The Balaban J connectivity index is 1.93. The van der Waals surface area contributed by atoms with E-state index >= 15 is 0 Å².